The summed E-state index contributed by atoms with van der Waals surface area (Å²) in [4.78, 5) is 73.1. The lowest BCUT2D eigenvalue weighted by Crippen LogP contribution is -2.11. The Morgan fingerprint density at radius 3 is 1.46 bits per heavy atom. The number of rotatable bonds is 6. The van der Waals surface area contributed by atoms with E-state index in [4.69, 9.17) is 9.47 Å². The predicted octanol–water partition coefficient (Wildman–Crippen LogP) is 6.70. The molecular weight excluding hydrogens is 616 g/mol. The van der Waals surface area contributed by atoms with Crippen molar-refractivity contribution in [2.24, 2.45) is 0 Å². The summed E-state index contributed by atoms with van der Waals surface area (Å²) < 4.78 is 20.4. The first-order chi connectivity index (χ1) is 23.1. The standard InChI is InChI=1S/C38H22O10/c1-19-15-24(16-20(2)32(19)46-34(40)23-10-14-29-31(18-23)38(44)48-36(29)42)27-6-4-3-5-26(27)21-7-11-25(12-8-21)45-33(39)22-9-13-28-30(17-22)37(43)47-35(28)41/h3-18H,1-2H3. The number of esters is 6. The van der Waals surface area contributed by atoms with Crippen LogP contribution in [0.5, 0.6) is 11.5 Å². The van der Waals surface area contributed by atoms with Crippen molar-refractivity contribution in [3.63, 3.8) is 0 Å². The van der Waals surface area contributed by atoms with Gasteiger partial charge >= 0.3 is 35.8 Å². The van der Waals surface area contributed by atoms with Crippen molar-refractivity contribution in [2.75, 3.05) is 0 Å². The molecule has 0 spiro atoms. The third-order valence-corrected chi connectivity index (χ3v) is 8.03. The van der Waals surface area contributed by atoms with E-state index in [-0.39, 0.29) is 39.1 Å². The van der Waals surface area contributed by atoms with E-state index < -0.39 is 35.8 Å². The molecule has 0 fully saturated rings. The summed E-state index contributed by atoms with van der Waals surface area (Å²) in [6, 6.07) is 26.6. The Kier molecular flexibility index (Phi) is 7.25. The lowest BCUT2D eigenvalue weighted by Gasteiger charge is -2.16. The maximum absolute atomic E-state index is 13.0. The van der Waals surface area contributed by atoms with Crippen molar-refractivity contribution in [1.29, 1.82) is 0 Å². The highest BCUT2D eigenvalue weighted by molar-refractivity contribution is 6.16. The van der Waals surface area contributed by atoms with E-state index in [1.54, 1.807) is 12.1 Å². The minimum atomic E-state index is -0.808. The number of fused-ring (bicyclic) bond motifs is 2. The van der Waals surface area contributed by atoms with E-state index in [1.807, 2.05) is 62.4 Å². The van der Waals surface area contributed by atoms with E-state index in [0.717, 1.165) is 22.3 Å². The molecule has 5 aromatic rings. The molecule has 0 atom stereocenters. The van der Waals surface area contributed by atoms with Gasteiger partial charge in [0.1, 0.15) is 11.5 Å². The molecule has 0 bridgehead atoms. The SMILES string of the molecule is Cc1cc(-c2ccccc2-c2ccc(OC(=O)c3ccc4c(c3)C(=O)OC4=O)cc2)cc(C)c1OC(=O)c1ccc2c(c1)C(=O)OC2=O. The summed E-state index contributed by atoms with van der Waals surface area (Å²) in [5, 5.41) is 0. The van der Waals surface area contributed by atoms with Crippen LogP contribution in [0.15, 0.2) is 97.1 Å². The molecule has 0 amide bonds. The largest absolute Gasteiger partial charge is 0.423 e. The molecule has 7 rings (SSSR count). The van der Waals surface area contributed by atoms with Crippen LogP contribution in [0, 0.1) is 13.8 Å². The fourth-order valence-electron chi connectivity index (χ4n) is 5.70. The second-order valence-corrected chi connectivity index (χ2v) is 11.2. The third kappa shape index (κ3) is 5.31. The summed E-state index contributed by atoms with van der Waals surface area (Å²) in [6.07, 6.45) is 0. The Hall–Kier alpha value is -6.68. The molecule has 48 heavy (non-hydrogen) atoms. The van der Waals surface area contributed by atoms with E-state index >= 15 is 0 Å². The van der Waals surface area contributed by atoms with E-state index in [9.17, 15) is 28.8 Å². The van der Waals surface area contributed by atoms with Gasteiger partial charge in [0.25, 0.3) is 0 Å². The Balaban J connectivity index is 1.10. The molecule has 0 N–H and O–H groups in total. The fourth-order valence-corrected chi connectivity index (χ4v) is 5.70. The van der Waals surface area contributed by atoms with Crippen molar-refractivity contribution in [3.8, 4) is 33.8 Å². The normalized spacial score (nSPS) is 13.0. The van der Waals surface area contributed by atoms with Crippen LogP contribution >= 0.6 is 0 Å². The van der Waals surface area contributed by atoms with Crippen molar-refractivity contribution >= 4 is 35.8 Å². The minimum Gasteiger partial charge on any atom is -0.423 e. The van der Waals surface area contributed by atoms with Gasteiger partial charge in [-0.3, -0.25) is 0 Å². The molecule has 0 saturated carbocycles. The molecule has 2 heterocycles. The Bertz CT molecular complexity index is 2240. The number of carbonyl (C=O) groups excluding carboxylic acids is 6. The second-order valence-electron chi connectivity index (χ2n) is 11.2. The highest BCUT2D eigenvalue weighted by atomic mass is 16.6. The first-order valence-electron chi connectivity index (χ1n) is 14.6. The van der Waals surface area contributed by atoms with Crippen molar-refractivity contribution in [2.45, 2.75) is 13.8 Å². The number of carbonyl (C=O) groups is 6. The van der Waals surface area contributed by atoms with Crippen molar-refractivity contribution in [1.82, 2.24) is 0 Å². The van der Waals surface area contributed by atoms with Gasteiger partial charge in [0.05, 0.1) is 33.4 Å². The van der Waals surface area contributed by atoms with Gasteiger partial charge < -0.3 is 18.9 Å². The van der Waals surface area contributed by atoms with Crippen molar-refractivity contribution < 1.29 is 47.7 Å². The van der Waals surface area contributed by atoms with Crippen molar-refractivity contribution in [3.05, 3.63) is 142 Å². The van der Waals surface area contributed by atoms with Crippen LogP contribution in [0.2, 0.25) is 0 Å². The second kappa shape index (κ2) is 11.6. The maximum atomic E-state index is 13.0. The molecule has 234 valence electrons. The van der Waals surface area contributed by atoms with Gasteiger partial charge in [0, 0.05) is 0 Å². The number of benzene rings is 5. The average Bonchev–Trinajstić information content (AvgIpc) is 3.54. The Labute approximate surface area is 272 Å². The van der Waals surface area contributed by atoms with Crippen LogP contribution in [0.25, 0.3) is 22.3 Å². The monoisotopic (exact) mass is 638 g/mol. The summed E-state index contributed by atoms with van der Waals surface area (Å²) in [5.74, 6) is -3.84. The summed E-state index contributed by atoms with van der Waals surface area (Å²) in [5.41, 5.74) is 5.40. The minimum absolute atomic E-state index is 0.0177. The van der Waals surface area contributed by atoms with Gasteiger partial charge in [-0.1, -0.05) is 36.4 Å². The number of cyclic esters (lactones) is 4. The topological polar surface area (TPSA) is 139 Å². The van der Waals surface area contributed by atoms with Gasteiger partial charge in [0.2, 0.25) is 0 Å². The lowest BCUT2D eigenvalue weighted by molar-refractivity contribution is 0.0425. The van der Waals surface area contributed by atoms with Gasteiger partial charge in [-0.05, 0) is 108 Å². The van der Waals surface area contributed by atoms with Gasteiger partial charge in [0.15, 0.2) is 0 Å². The molecule has 5 aromatic carbocycles. The maximum Gasteiger partial charge on any atom is 0.346 e. The fraction of sp³-hybridized carbons (Fsp3) is 0.0526. The first kappa shape index (κ1) is 30.0. The summed E-state index contributed by atoms with van der Waals surface area (Å²) in [7, 11) is 0. The van der Waals surface area contributed by atoms with Crippen LogP contribution in [0.3, 0.4) is 0 Å². The number of hydrogen-bond donors (Lipinski definition) is 0. The van der Waals surface area contributed by atoms with Gasteiger partial charge in [-0.2, -0.15) is 0 Å². The lowest BCUT2D eigenvalue weighted by atomic mass is 9.92. The third-order valence-electron chi connectivity index (χ3n) is 8.03. The zero-order valence-corrected chi connectivity index (χ0v) is 25.3. The number of hydrogen-bond acceptors (Lipinski definition) is 10. The zero-order valence-electron chi connectivity index (χ0n) is 25.3. The molecule has 10 heteroatoms. The predicted molar refractivity (Wildman–Crippen MR) is 169 cm³/mol. The smallest absolute Gasteiger partial charge is 0.346 e. The molecule has 0 aliphatic carbocycles. The van der Waals surface area contributed by atoms with Crippen LogP contribution in [-0.2, 0) is 9.47 Å². The molecule has 0 aromatic heterocycles. The molecule has 0 radical (unpaired) electrons. The molecule has 0 unspecified atom stereocenters. The molecule has 2 aliphatic rings. The van der Waals surface area contributed by atoms with Gasteiger partial charge in [-0.25, -0.2) is 28.8 Å². The number of ether oxygens (including phenoxy) is 4. The van der Waals surface area contributed by atoms with Crippen LogP contribution in [-0.4, -0.2) is 35.8 Å². The van der Waals surface area contributed by atoms with E-state index in [2.05, 4.69) is 9.47 Å². The Morgan fingerprint density at radius 2 is 0.938 bits per heavy atom. The van der Waals surface area contributed by atoms with Crippen LogP contribution < -0.4 is 9.47 Å². The quantitative estimate of drug-likeness (QED) is 0.112. The molecule has 0 saturated heterocycles. The van der Waals surface area contributed by atoms with Crippen LogP contribution in [0.4, 0.5) is 0 Å². The van der Waals surface area contributed by atoms with Crippen LogP contribution in [0.1, 0.15) is 73.3 Å². The summed E-state index contributed by atoms with van der Waals surface area (Å²) >= 11 is 0. The summed E-state index contributed by atoms with van der Waals surface area (Å²) in [6.45, 7) is 3.65. The van der Waals surface area contributed by atoms with Gasteiger partial charge in [-0.15, -0.1) is 0 Å². The molecule has 10 nitrogen and oxygen atoms in total. The van der Waals surface area contributed by atoms with E-state index in [0.29, 0.717) is 16.9 Å². The zero-order chi connectivity index (χ0) is 33.7. The molecule has 2 aliphatic heterocycles. The highest BCUT2D eigenvalue weighted by Gasteiger charge is 2.32. The highest BCUT2D eigenvalue weighted by Crippen LogP contribution is 2.37. The molecular formula is C38H22O10. The average molecular weight is 639 g/mol. The van der Waals surface area contributed by atoms with E-state index in [1.165, 1.54) is 36.4 Å². The first-order valence-corrected chi connectivity index (χ1v) is 14.6. The number of aryl methyl sites for hydroxylation is 2. The Morgan fingerprint density at radius 1 is 0.479 bits per heavy atom.